The van der Waals surface area contributed by atoms with Gasteiger partial charge in [-0.1, -0.05) is 37.5 Å². The van der Waals surface area contributed by atoms with Crippen molar-refractivity contribution >= 4 is 29.4 Å². The van der Waals surface area contributed by atoms with Crippen molar-refractivity contribution in [1.29, 1.82) is 0 Å². The number of ether oxygens (including phenoxy) is 1. The number of nitrogens with zero attached hydrogens (tertiary/aromatic N) is 1. The molecule has 1 heterocycles. The average Bonchev–Trinajstić information content (AvgIpc) is 2.79. The summed E-state index contributed by atoms with van der Waals surface area (Å²) in [5, 5.41) is 6.44. The van der Waals surface area contributed by atoms with Gasteiger partial charge >= 0.3 is 6.09 Å². The van der Waals surface area contributed by atoms with E-state index in [1.165, 1.54) is 32.1 Å². The number of nitrogens with one attached hydrogen (secondary N) is 2. The van der Waals surface area contributed by atoms with Crippen LogP contribution in [0.15, 0.2) is 30.3 Å². The maximum absolute atomic E-state index is 13.4. The molecular formula is C26H41N3O3S. The first kappa shape index (κ1) is 25.7. The molecular weight excluding hydrogens is 434 g/mol. The molecule has 2 N–H and O–H groups in total. The van der Waals surface area contributed by atoms with Crippen molar-refractivity contribution in [2.45, 2.75) is 83.4 Å². The number of benzene rings is 1. The van der Waals surface area contributed by atoms with Crippen LogP contribution in [0.25, 0.3) is 0 Å². The first-order valence-electron chi connectivity index (χ1n) is 12.5. The molecule has 3 rings (SSSR count). The number of likely N-dealkylation sites (tertiary alicyclic amines) is 1. The Morgan fingerprint density at radius 2 is 1.73 bits per heavy atom. The van der Waals surface area contributed by atoms with Crippen molar-refractivity contribution < 1.29 is 14.3 Å². The lowest BCUT2D eigenvalue weighted by molar-refractivity contribution is -0.133. The molecule has 1 saturated heterocycles. The molecule has 7 heteroatoms. The van der Waals surface area contributed by atoms with Crippen LogP contribution in [-0.4, -0.2) is 59.2 Å². The Morgan fingerprint density at radius 1 is 1.06 bits per heavy atom. The van der Waals surface area contributed by atoms with Gasteiger partial charge in [0, 0.05) is 30.6 Å². The van der Waals surface area contributed by atoms with Crippen LogP contribution in [-0.2, 0) is 9.53 Å². The number of thioether (sulfide) groups is 1. The number of anilines is 1. The van der Waals surface area contributed by atoms with E-state index in [1.54, 1.807) is 11.8 Å². The summed E-state index contributed by atoms with van der Waals surface area (Å²) in [5.74, 6) is 2.40. The first-order chi connectivity index (χ1) is 15.8. The van der Waals surface area contributed by atoms with Gasteiger partial charge < -0.3 is 20.3 Å². The molecule has 1 aromatic rings. The van der Waals surface area contributed by atoms with Crippen molar-refractivity contribution in [2.24, 2.45) is 5.92 Å². The summed E-state index contributed by atoms with van der Waals surface area (Å²) < 4.78 is 5.45. The molecule has 1 unspecified atom stereocenters. The van der Waals surface area contributed by atoms with Gasteiger partial charge in [-0.2, -0.15) is 11.8 Å². The molecule has 6 nitrogen and oxygen atoms in total. The smallest absolute Gasteiger partial charge is 0.408 e. The number of piperidine rings is 1. The molecule has 1 aliphatic carbocycles. The zero-order valence-electron chi connectivity index (χ0n) is 20.5. The molecule has 1 aromatic carbocycles. The second kappa shape index (κ2) is 12.5. The van der Waals surface area contributed by atoms with Crippen LogP contribution in [0.3, 0.4) is 0 Å². The quantitative estimate of drug-likeness (QED) is 0.534. The van der Waals surface area contributed by atoms with Gasteiger partial charge in [0.2, 0.25) is 5.91 Å². The van der Waals surface area contributed by atoms with Crippen LogP contribution in [0.4, 0.5) is 10.5 Å². The Labute approximate surface area is 203 Å². The summed E-state index contributed by atoms with van der Waals surface area (Å²) in [7, 11) is 0. The highest BCUT2D eigenvalue weighted by Gasteiger charge is 2.31. The molecule has 33 heavy (non-hydrogen) atoms. The lowest BCUT2D eigenvalue weighted by Gasteiger charge is -2.35. The molecule has 2 amide bonds. The van der Waals surface area contributed by atoms with Gasteiger partial charge in [0.1, 0.15) is 11.6 Å². The number of rotatable bonds is 8. The van der Waals surface area contributed by atoms with E-state index in [9.17, 15) is 9.59 Å². The Morgan fingerprint density at radius 3 is 2.36 bits per heavy atom. The van der Waals surface area contributed by atoms with Crippen LogP contribution in [0.1, 0.15) is 65.7 Å². The summed E-state index contributed by atoms with van der Waals surface area (Å²) in [5.41, 5.74) is 0.528. The van der Waals surface area contributed by atoms with Gasteiger partial charge in [0.25, 0.3) is 0 Å². The summed E-state index contributed by atoms with van der Waals surface area (Å²) in [6.45, 7) is 6.91. The number of para-hydroxylation sites is 1. The highest BCUT2D eigenvalue weighted by atomic mass is 32.2. The molecule has 0 spiro atoms. The predicted octanol–water partition coefficient (Wildman–Crippen LogP) is 5.30. The van der Waals surface area contributed by atoms with Crippen LogP contribution in [0.2, 0.25) is 0 Å². The Kier molecular flexibility index (Phi) is 9.78. The molecule has 2 fully saturated rings. The van der Waals surface area contributed by atoms with Crippen molar-refractivity contribution in [1.82, 2.24) is 10.2 Å². The maximum Gasteiger partial charge on any atom is 0.408 e. The molecule has 1 saturated carbocycles. The van der Waals surface area contributed by atoms with E-state index < -0.39 is 17.7 Å². The average molecular weight is 476 g/mol. The van der Waals surface area contributed by atoms with E-state index in [0.717, 1.165) is 30.2 Å². The fourth-order valence-electron chi connectivity index (χ4n) is 4.57. The summed E-state index contributed by atoms with van der Waals surface area (Å²) in [6, 6.07) is 10.0. The van der Waals surface area contributed by atoms with Gasteiger partial charge in [-0.05, 0) is 70.3 Å². The van der Waals surface area contributed by atoms with Crippen molar-refractivity contribution in [3.63, 3.8) is 0 Å². The normalized spacial score (nSPS) is 19.1. The number of hydrogen-bond acceptors (Lipinski definition) is 5. The molecule has 1 atom stereocenters. The minimum atomic E-state index is -0.589. The van der Waals surface area contributed by atoms with E-state index in [-0.39, 0.29) is 5.91 Å². The van der Waals surface area contributed by atoms with Crippen LogP contribution < -0.4 is 10.6 Å². The van der Waals surface area contributed by atoms with Gasteiger partial charge in [0.05, 0.1) is 0 Å². The highest BCUT2D eigenvalue weighted by molar-refractivity contribution is 7.99. The lowest BCUT2D eigenvalue weighted by Crippen LogP contribution is -2.53. The first-order valence-corrected chi connectivity index (χ1v) is 13.6. The van der Waals surface area contributed by atoms with Crippen molar-refractivity contribution in [3.05, 3.63) is 30.3 Å². The van der Waals surface area contributed by atoms with Gasteiger partial charge in [-0.15, -0.1) is 0 Å². The Bertz CT molecular complexity index is 739. The molecule has 2 aliphatic rings. The number of amides is 2. The summed E-state index contributed by atoms with van der Waals surface area (Å²) >= 11 is 1.79. The zero-order chi connectivity index (χ0) is 23.7. The molecule has 0 bridgehead atoms. The SMILES string of the molecule is CC(C)(C)OC(=O)NC(CSCC1CCCCC1)C(=O)N1CCC(Nc2ccccc2)CC1. The predicted molar refractivity (Wildman–Crippen MR) is 137 cm³/mol. The molecule has 0 aromatic heterocycles. The largest absolute Gasteiger partial charge is 0.444 e. The second-order valence-electron chi connectivity index (χ2n) is 10.4. The monoisotopic (exact) mass is 475 g/mol. The number of hydrogen-bond donors (Lipinski definition) is 2. The van der Waals surface area contributed by atoms with Crippen LogP contribution in [0, 0.1) is 5.92 Å². The Hall–Kier alpha value is -1.89. The third kappa shape index (κ3) is 9.11. The third-order valence-electron chi connectivity index (χ3n) is 6.30. The van der Waals surface area contributed by atoms with Gasteiger partial charge in [0.15, 0.2) is 0 Å². The zero-order valence-corrected chi connectivity index (χ0v) is 21.3. The van der Waals surface area contributed by atoms with E-state index >= 15 is 0 Å². The van der Waals surface area contributed by atoms with Crippen LogP contribution in [0.5, 0.6) is 0 Å². The van der Waals surface area contributed by atoms with Crippen molar-refractivity contribution in [3.8, 4) is 0 Å². The highest BCUT2D eigenvalue weighted by Crippen LogP contribution is 2.27. The minimum Gasteiger partial charge on any atom is -0.444 e. The van der Waals surface area contributed by atoms with Gasteiger partial charge in [-0.3, -0.25) is 4.79 Å². The van der Waals surface area contributed by atoms with E-state index in [4.69, 9.17) is 4.74 Å². The number of carbonyl (C=O) groups excluding carboxylic acids is 2. The maximum atomic E-state index is 13.4. The van der Waals surface area contributed by atoms with Gasteiger partial charge in [-0.25, -0.2) is 4.79 Å². The fraction of sp³-hybridized carbons (Fsp3) is 0.692. The topological polar surface area (TPSA) is 70.7 Å². The molecule has 1 aliphatic heterocycles. The van der Waals surface area contributed by atoms with E-state index in [0.29, 0.717) is 24.9 Å². The number of carbonyl (C=O) groups is 2. The molecule has 0 radical (unpaired) electrons. The summed E-state index contributed by atoms with van der Waals surface area (Å²) in [4.78, 5) is 27.7. The summed E-state index contributed by atoms with van der Waals surface area (Å²) in [6.07, 6.45) is 7.83. The molecule has 184 valence electrons. The van der Waals surface area contributed by atoms with E-state index in [1.807, 2.05) is 43.9 Å². The number of alkyl carbamates (subject to hydrolysis) is 1. The van der Waals surface area contributed by atoms with Crippen molar-refractivity contribution in [2.75, 3.05) is 29.9 Å². The Balaban J connectivity index is 1.52. The van der Waals surface area contributed by atoms with E-state index in [2.05, 4.69) is 22.8 Å². The minimum absolute atomic E-state index is 0.00941. The lowest BCUT2D eigenvalue weighted by atomic mass is 9.91. The standard InChI is InChI=1S/C26H41N3O3S/c1-26(2,3)32-25(31)28-23(19-33-18-20-10-6-4-7-11-20)24(30)29-16-14-22(15-17-29)27-21-12-8-5-9-13-21/h5,8-9,12-13,20,22-23,27H,4,6-7,10-11,14-19H2,1-3H3,(H,28,31). The van der Waals surface area contributed by atoms with Crippen LogP contribution >= 0.6 is 11.8 Å². The third-order valence-corrected chi connectivity index (χ3v) is 7.58. The second-order valence-corrected chi connectivity index (χ2v) is 11.4. The fourth-order valence-corrected chi connectivity index (χ4v) is 5.83.